The van der Waals surface area contributed by atoms with Crippen molar-refractivity contribution in [2.45, 2.75) is 8.25 Å². The Kier molecular flexibility index (Phi) is 7.06. The van der Waals surface area contributed by atoms with E-state index in [1.54, 1.807) is 12.1 Å². The Hall–Kier alpha value is 0.630. The molecule has 0 heterocycles. The van der Waals surface area contributed by atoms with Crippen LogP contribution >= 0.6 is 79.6 Å². The van der Waals surface area contributed by atoms with E-state index in [-0.39, 0.29) is 5.57 Å². The molecule has 1 aromatic carbocycles. The molecule has 1 unspecified atom stereocenters. The minimum absolute atomic E-state index is 0.0738. The molecule has 0 fully saturated rings. The molecule has 1 aromatic rings. The van der Waals surface area contributed by atoms with Crippen molar-refractivity contribution in [2.75, 3.05) is 0 Å². The molecule has 19 heavy (non-hydrogen) atoms. The second-order valence-corrected chi connectivity index (χ2v) is 10.3. The second-order valence-electron chi connectivity index (χ2n) is 3.32. The molecule has 1 N–H and O–H groups in total. The van der Waals surface area contributed by atoms with Crippen LogP contribution in [-0.4, -0.2) is 19.3 Å². The first-order valence-electron chi connectivity index (χ1n) is 4.80. The SMILES string of the molecule is O=C(O)C(=C(Br)Br)C(Br)C(Br)(Br)Oc1ccccc1. The summed E-state index contributed by atoms with van der Waals surface area (Å²) < 4.78 is 4.91. The fraction of sp³-hybridized carbons (Fsp3) is 0.182. The number of alkyl halides is 3. The Bertz CT molecular complexity index is 482. The third-order valence-electron chi connectivity index (χ3n) is 1.98. The summed E-state index contributed by atoms with van der Waals surface area (Å²) in [5.74, 6) is -0.485. The van der Waals surface area contributed by atoms with E-state index >= 15 is 0 Å². The summed E-state index contributed by atoms with van der Waals surface area (Å²) in [4.78, 5) is 10.6. The van der Waals surface area contributed by atoms with Gasteiger partial charge in [-0.25, -0.2) is 4.79 Å². The van der Waals surface area contributed by atoms with Gasteiger partial charge in [-0.2, -0.15) is 0 Å². The van der Waals surface area contributed by atoms with E-state index in [1.807, 2.05) is 18.2 Å². The van der Waals surface area contributed by atoms with E-state index < -0.39 is 14.2 Å². The minimum Gasteiger partial charge on any atom is -0.478 e. The number of hydrogen-bond acceptors (Lipinski definition) is 2. The van der Waals surface area contributed by atoms with Crippen LogP contribution in [-0.2, 0) is 4.79 Å². The lowest BCUT2D eigenvalue weighted by atomic mass is 10.2. The first-order chi connectivity index (χ1) is 8.75. The van der Waals surface area contributed by atoms with Gasteiger partial charge >= 0.3 is 5.97 Å². The van der Waals surface area contributed by atoms with Crippen LogP contribution in [0.2, 0.25) is 0 Å². The minimum atomic E-state index is -1.11. The average molecular weight is 587 g/mol. The fourth-order valence-corrected chi connectivity index (χ4v) is 3.91. The number of rotatable bonds is 5. The summed E-state index contributed by atoms with van der Waals surface area (Å²) in [6.07, 6.45) is 0. The number of carboxylic acids is 1. The van der Waals surface area contributed by atoms with Gasteiger partial charge < -0.3 is 9.84 Å². The van der Waals surface area contributed by atoms with Gasteiger partial charge in [0.05, 0.1) is 8.96 Å². The molecule has 1 atom stereocenters. The molecule has 0 amide bonds. The lowest BCUT2D eigenvalue weighted by Gasteiger charge is -2.28. The topological polar surface area (TPSA) is 46.5 Å². The number of hydrogen-bond donors (Lipinski definition) is 1. The molecule has 0 spiro atoms. The molecule has 8 heteroatoms. The molecule has 0 bridgehead atoms. The van der Waals surface area contributed by atoms with E-state index in [4.69, 9.17) is 4.74 Å². The molecule has 1 rings (SSSR count). The van der Waals surface area contributed by atoms with Crippen molar-refractivity contribution in [3.63, 3.8) is 0 Å². The third kappa shape index (κ3) is 5.15. The molecular formula is C11H7Br5O3. The summed E-state index contributed by atoms with van der Waals surface area (Å²) in [6.45, 7) is 0. The number of benzene rings is 1. The highest BCUT2D eigenvalue weighted by Gasteiger charge is 2.40. The molecule has 104 valence electrons. The number of para-hydroxylation sites is 1. The number of halogens is 5. The van der Waals surface area contributed by atoms with Crippen LogP contribution in [0.3, 0.4) is 0 Å². The van der Waals surface area contributed by atoms with Crippen LogP contribution in [0.15, 0.2) is 39.3 Å². The first-order valence-corrected chi connectivity index (χ1v) is 8.89. The van der Waals surface area contributed by atoms with Gasteiger partial charge in [0.1, 0.15) is 10.6 Å². The van der Waals surface area contributed by atoms with Gasteiger partial charge in [0, 0.05) is 0 Å². The largest absolute Gasteiger partial charge is 0.478 e. The lowest BCUT2D eigenvalue weighted by Crippen LogP contribution is -2.35. The molecule has 3 nitrogen and oxygen atoms in total. The van der Waals surface area contributed by atoms with Gasteiger partial charge in [-0.3, -0.25) is 0 Å². The highest BCUT2D eigenvalue weighted by molar-refractivity contribution is 9.28. The normalized spacial score (nSPS) is 12.7. The Morgan fingerprint density at radius 1 is 1.21 bits per heavy atom. The predicted molar refractivity (Wildman–Crippen MR) is 92.9 cm³/mol. The van der Waals surface area contributed by atoms with Gasteiger partial charge in [0.15, 0.2) is 0 Å². The highest BCUT2D eigenvalue weighted by Crippen LogP contribution is 2.42. The van der Waals surface area contributed by atoms with E-state index in [2.05, 4.69) is 79.6 Å². The van der Waals surface area contributed by atoms with Crippen LogP contribution in [0.1, 0.15) is 0 Å². The fourth-order valence-electron chi connectivity index (χ4n) is 1.15. The zero-order chi connectivity index (χ0) is 14.6. The average Bonchev–Trinajstić information content (AvgIpc) is 2.28. The summed E-state index contributed by atoms with van der Waals surface area (Å²) in [5.41, 5.74) is 0.0738. The first kappa shape index (κ1) is 17.7. The Balaban J connectivity index is 3.00. The molecule has 0 saturated carbocycles. The van der Waals surface area contributed by atoms with Crippen LogP contribution in [0, 0.1) is 0 Å². The lowest BCUT2D eigenvalue weighted by molar-refractivity contribution is -0.132. The van der Waals surface area contributed by atoms with E-state index in [0.717, 1.165) is 0 Å². The van der Waals surface area contributed by atoms with Gasteiger partial charge in [0.25, 0.3) is 0 Å². The van der Waals surface area contributed by atoms with E-state index in [9.17, 15) is 9.90 Å². The molecule has 0 aliphatic rings. The zero-order valence-corrected chi connectivity index (χ0v) is 17.0. The van der Waals surface area contributed by atoms with Crippen LogP contribution in [0.25, 0.3) is 0 Å². The summed E-state index contributed by atoms with van der Waals surface area (Å²) in [7, 11) is 0. The summed E-state index contributed by atoms with van der Waals surface area (Å²) >= 11 is 16.2. The van der Waals surface area contributed by atoms with Gasteiger partial charge in [-0.05, 0) is 75.9 Å². The van der Waals surface area contributed by atoms with Crippen molar-refractivity contribution in [1.82, 2.24) is 0 Å². The van der Waals surface area contributed by atoms with E-state index in [0.29, 0.717) is 9.14 Å². The maximum atomic E-state index is 11.2. The molecule has 0 aliphatic carbocycles. The monoisotopic (exact) mass is 582 g/mol. The van der Waals surface area contributed by atoms with E-state index in [1.165, 1.54) is 0 Å². The molecular weight excluding hydrogens is 580 g/mol. The standard InChI is InChI=1S/C11H7Br5O3/c12-8(7(9(13)14)10(17)18)11(15,16)19-6-4-2-1-3-5-6/h1-5,8H,(H,17,18). The van der Waals surface area contributed by atoms with Crippen molar-refractivity contribution in [3.05, 3.63) is 39.3 Å². The highest BCUT2D eigenvalue weighted by atomic mass is 79.9. The zero-order valence-electron chi connectivity index (χ0n) is 9.12. The number of aliphatic carboxylic acids is 1. The number of ether oxygens (including phenoxy) is 1. The van der Waals surface area contributed by atoms with Crippen molar-refractivity contribution >= 4 is 85.6 Å². The maximum absolute atomic E-state index is 11.2. The summed E-state index contributed by atoms with van der Waals surface area (Å²) in [5, 5.41) is 9.20. The Morgan fingerprint density at radius 3 is 2.16 bits per heavy atom. The smallest absolute Gasteiger partial charge is 0.334 e. The van der Waals surface area contributed by atoms with Crippen molar-refractivity contribution in [3.8, 4) is 5.75 Å². The predicted octanol–water partition coefficient (Wildman–Crippen LogP) is 5.36. The quantitative estimate of drug-likeness (QED) is 0.374. The van der Waals surface area contributed by atoms with Crippen LogP contribution < -0.4 is 4.74 Å². The van der Waals surface area contributed by atoms with Crippen LogP contribution in [0.4, 0.5) is 0 Å². The van der Waals surface area contributed by atoms with Gasteiger partial charge in [0.2, 0.25) is 3.42 Å². The van der Waals surface area contributed by atoms with Crippen molar-refractivity contribution in [2.24, 2.45) is 0 Å². The Labute approximate surface area is 152 Å². The molecule has 0 saturated heterocycles. The number of carbonyl (C=O) groups is 1. The molecule has 0 radical (unpaired) electrons. The maximum Gasteiger partial charge on any atom is 0.334 e. The van der Waals surface area contributed by atoms with Gasteiger partial charge in [-0.1, -0.05) is 34.1 Å². The second kappa shape index (κ2) is 7.59. The summed E-state index contributed by atoms with van der Waals surface area (Å²) in [6, 6.07) is 9.04. The van der Waals surface area contributed by atoms with Crippen LogP contribution in [0.5, 0.6) is 5.75 Å². The van der Waals surface area contributed by atoms with Crippen molar-refractivity contribution in [1.29, 1.82) is 0 Å². The molecule has 0 aliphatic heterocycles. The third-order valence-corrected chi connectivity index (χ3v) is 6.40. The number of carboxylic acid groups (broad SMARTS) is 1. The molecule has 0 aromatic heterocycles. The van der Waals surface area contributed by atoms with Crippen molar-refractivity contribution < 1.29 is 14.6 Å². The van der Waals surface area contributed by atoms with Gasteiger partial charge in [-0.15, -0.1) is 0 Å². The Morgan fingerprint density at radius 2 is 1.74 bits per heavy atom.